The molecule has 5 heteroatoms. The minimum atomic E-state index is -0.282. The van der Waals surface area contributed by atoms with Gasteiger partial charge in [0.05, 0.1) is 12.2 Å². The molecule has 1 aliphatic heterocycles. The van der Waals surface area contributed by atoms with Crippen LogP contribution in [0.1, 0.15) is 37.3 Å². The molecular weight excluding hydrogens is 316 g/mol. The minimum absolute atomic E-state index is 0.00396. The highest BCUT2D eigenvalue weighted by Gasteiger charge is 2.56. The molecule has 1 aromatic rings. The number of hydrogen-bond acceptors (Lipinski definition) is 3. The van der Waals surface area contributed by atoms with Crippen LogP contribution in [0.15, 0.2) is 24.3 Å². The van der Waals surface area contributed by atoms with Gasteiger partial charge < -0.3 is 20.1 Å². The Balaban J connectivity index is 1.44. The fraction of sp³-hybridized carbons (Fsp3) is 0.650. The van der Waals surface area contributed by atoms with Crippen LogP contribution < -0.4 is 5.32 Å². The molecule has 1 heterocycles. The third kappa shape index (κ3) is 3.82. The Kier molecular flexibility index (Phi) is 5.64. The van der Waals surface area contributed by atoms with E-state index in [4.69, 9.17) is 4.74 Å². The van der Waals surface area contributed by atoms with E-state index in [0.717, 1.165) is 25.7 Å². The van der Waals surface area contributed by atoms with Gasteiger partial charge in [-0.1, -0.05) is 29.8 Å². The molecule has 25 heavy (non-hydrogen) atoms. The number of piperidine rings is 1. The van der Waals surface area contributed by atoms with E-state index in [1.165, 1.54) is 11.1 Å². The highest BCUT2D eigenvalue weighted by atomic mass is 16.5. The smallest absolute Gasteiger partial charge is 0.317 e. The highest BCUT2D eigenvalue weighted by Crippen LogP contribution is 2.50. The third-order valence-electron chi connectivity index (χ3n) is 5.86. The maximum atomic E-state index is 12.4. The number of aliphatic hydroxyl groups excluding tert-OH is 1. The second kappa shape index (κ2) is 7.75. The van der Waals surface area contributed by atoms with Crippen molar-refractivity contribution in [2.24, 2.45) is 5.41 Å². The molecule has 1 aliphatic carbocycles. The summed E-state index contributed by atoms with van der Waals surface area (Å²) in [6.07, 6.45) is 3.09. The first-order valence-corrected chi connectivity index (χ1v) is 9.43. The van der Waals surface area contributed by atoms with Crippen LogP contribution in [-0.2, 0) is 11.2 Å². The SMILES string of the molecule is CCO[C@H]1C[C@@H](O)C12CCN(C(=O)NCCc1cccc(C)c1)CC2. The van der Waals surface area contributed by atoms with Crippen molar-refractivity contribution < 1.29 is 14.6 Å². The molecule has 2 fully saturated rings. The summed E-state index contributed by atoms with van der Waals surface area (Å²) in [4.78, 5) is 14.3. The van der Waals surface area contributed by atoms with Crippen LogP contribution in [0.3, 0.4) is 0 Å². The van der Waals surface area contributed by atoms with Gasteiger partial charge in [0, 0.05) is 38.1 Å². The fourth-order valence-corrected chi connectivity index (χ4v) is 4.24. The summed E-state index contributed by atoms with van der Waals surface area (Å²) in [5.41, 5.74) is 2.36. The van der Waals surface area contributed by atoms with Crippen molar-refractivity contribution in [3.63, 3.8) is 0 Å². The second-order valence-corrected chi connectivity index (χ2v) is 7.39. The summed E-state index contributed by atoms with van der Waals surface area (Å²) in [5, 5.41) is 13.3. The Morgan fingerprint density at radius 3 is 2.80 bits per heavy atom. The Morgan fingerprint density at radius 2 is 2.16 bits per heavy atom. The lowest BCUT2D eigenvalue weighted by Crippen LogP contribution is -2.63. The average molecular weight is 346 g/mol. The molecule has 5 nitrogen and oxygen atoms in total. The van der Waals surface area contributed by atoms with Gasteiger partial charge in [0.2, 0.25) is 0 Å². The van der Waals surface area contributed by atoms with Crippen molar-refractivity contribution in [1.82, 2.24) is 10.2 Å². The number of rotatable bonds is 5. The molecule has 2 aliphatic rings. The predicted molar refractivity (Wildman–Crippen MR) is 97.6 cm³/mol. The number of hydrogen-bond donors (Lipinski definition) is 2. The average Bonchev–Trinajstić information content (AvgIpc) is 2.62. The molecule has 0 aromatic heterocycles. The number of urea groups is 1. The number of aryl methyl sites for hydroxylation is 1. The molecule has 0 bridgehead atoms. The van der Waals surface area contributed by atoms with Crippen LogP contribution in [0.5, 0.6) is 0 Å². The van der Waals surface area contributed by atoms with Crippen LogP contribution in [-0.4, -0.2) is 54.5 Å². The van der Waals surface area contributed by atoms with Gasteiger partial charge in [-0.05, 0) is 38.7 Å². The first kappa shape index (κ1) is 18.2. The van der Waals surface area contributed by atoms with Gasteiger partial charge in [-0.3, -0.25) is 0 Å². The van der Waals surface area contributed by atoms with Crippen molar-refractivity contribution in [3.05, 3.63) is 35.4 Å². The van der Waals surface area contributed by atoms with Crippen molar-refractivity contribution >= 4 is 6.03 Å². The quantitative estimate of drug-likeness (QED) is 0.861. The van der Waals surface area contributed by atoms with Crippen molar-refractivity contribution in [3.8, 4) is 0 Å². The maximum absolute atomic E-state index is 12.4. The van der Waals surface area contributed by atoms with Gasteiger partial charge >= 0.3 is 6.03 Å². The van der Waals surface area contributed by atoms with Crippen molar-refractivity contribution in [2.75, 3.05) is 26.2 Å². The summed E-state index contributed by atoms with van der Waals surface area (Å²) in [7, 11) is 0. The van der Waals surface area contributed by atoms with E-state index in [9.17, 15) is 9.90 Å². The Morgan fingerprint density at radius 1 is 1.40 bits per heavy atom. The number of amides is 2. The molecule has 3 rings (SSSR count). The van der Waals surface area contributed by atoms with E-state index < -0.39 is 0 Å². The molecule has 0 unspecified atom stereocenters. The van der Waals surface area contributed by atoms with Crippen LogP contribution >= 0.6 is 0 Å². The van der Waals surface area contributed by atoms with Gasteiger partial charge in [0.15, 0.2) is 0 Å². The van der Waals surface area contributed by atoms with E-state index in [-0.39, 0.29) is 23.7 Å². The number of benzene rings is 1. The zero-order valence-electron chi connectivity index (χ0n) is 15.3. The zero-order chi connectivity index (χ0) is 17.9. The molecule has 2 N–H and O–H groups in total. The summed E-state index contributed by atoms with van der Waals surface area (Å²) in [6.45, 7) is 6.79. The molecule has 2 amide bonds. The van der Waals surface area contributed by atoms with Crippen LogP contribution in [0.2, 0.25) is 0 Å². The van der Waals surface area contributed by atoms with Crippen molar-refractivity contribution in [2.45, 2.75) is 51.7 Å². The normalized spacial score (nSPS) is 24.8. The summed E-state index contributed by atoms with van der Waals surface area (Å²) >= 11 is 0. The van der Waals surface area contributed by atoms with Crippen LogP contribution in [0.4, 0.5) is 4.79 Å². The van der Waals surface area contributed by atoms with E-state index in [1.54, 1.807) is 0 Å². The Bertz CT molecular complexity index is 594. The lowest BCUT2D eigenvalue weighted by Gasteiger charge is -2.56. The van der Waals surface area contributed by atoms with E-state index in [2.05, 4.69) is 36.5 Å². The number of likely N-dealkylation sites (tertiary alicyclic amines) is 1. The molecule has 1 saturated carbocycles. The molecule has 1 aromatic carbocycles. The lowest BCUT2D eigenvalue weighted by molar-refractivity contribution is -0.207. The molecule has 138 valence electrons. The largest absolute Gasteiger partial charge is 0.392 e. The van der Waals surface area contributed by atoms with Crippen LogP contribution in [0.25, 0.3) is 0 Å². The standard InChI is InChI=1S/C20H30N2O3/c1-3-25-18-14-17(23)20(18)8-11-22(12-9-20)19(24)21-10-7-16-6-4-5-15(2)13-16/h4-6,13,17-18,23H,3,7-12,14H2,1-2H3,(H,21,24)/t17-,18+/m1/s1. The van der Waals surface area contributed by atoms with E-state index in [0.29, 0.717) is 26.2 Å². The topological polar surface area (TPSA) is 61.8 Å². The Labute approximate surface area is 150 Å². The zero-order valence-corrected chi connectivity index (χ0v) is 15.3. The number of ether oxygens (including phenoxy) is 1. The number of aliphatic hydroxyl groups is 1. The van der Waals surface area contributed by atoms with Crippen LogP contribution in [0, 0.1) is 12.3 Å². The first-order chi connectivity index (χ1) is 12.0. The Hall–Kier alpha value is -1.59. The number of carbonyl (C=O) groups is 1. The fourth-order valence-electron chi connectivity index (χ4n) is 4.24. The maximum Gasteiger partial charge on any atom is 0.317 e. The monoisotopic (exact) mass is 346 g/mol. The van der Waals surface area contributed by atoms with Gasteiger partial charge in [-0.25, -0.2) is 4.79 Å². The summed E-state index contributed by atoms with van der Waals surface area (Å²) in [6, 6.07) is 8.38. The minimum Gasteiger partial charge on any atom is -0.392 e. The predicted octanol–water partition coefficient (Wildman–Crippen LogP) is 2.50. The number of carbonyl (C=O) groups excluding carboxylic acids is 1. The molecule has 2 atom stereocenters. The summed E-state index contributed by atoms with van der Waals surface area (Å²) < 4.78 is 5.78. The van der Waals surface area contributed by atoms with Gasteiger partial charge in [0.25, 0.3) is 0 Å². The van der Waals surface area contributed by atoms with E-state index >= 15 is 0 Å². The highest BCUT2D eigenvalue weighted by molar-refractivity contribution is 5.74. The van der Waals surface area contributed by atoms with E-state index in [1.807, 2.05) is 11.8 Å². The number of nitrogens with zero attached hydrogens (tertiary/aromatic N) is 1. The molecule has 0 radical (unpaired) electrons. The summed E-state index contributed by atoms with van der Waals surface area (Å²) in [5.74, 6) is 0. The molecule has 1 spiro atoms. The lowest BCUT2D eigenvalue weighted by atomic mass is 9.58. The van der Waals surface area contributed by atoms with Gasteiger partial charge in [-0.15, -0.1) is 0 Å². The van der Waals surface area contributed by atoms with Gasteiger partial charge in [0.1, 0.15) is 0 Å². The number of nitrogens with one attached hydrogen (secondary N) is 1. The third-order valence-corrected chi connectivity index (χ3v) is 5.86. The molecule has 1 saturated heterocycles. The van der Waals surface area contributed by atoms with Gasteiger partial charge in [-0.2, -0.15) is 0 Å². The molecular formula is C20H30N2O3. The first-order valence-electron chi connectivity index (χ1n) is 9.43. The van der Waals surface area contributed by atoms with Crippen molar-refractivity contribution in [1.29, 1.82) is 0 Å². The second-order valence-electron chi connectivity index (χ2n) is 7.39.